The van der Waals surface area contributed by atoms with Crippen LogP contribution in [0.3, 0.4) is 0 Å². The lowest BCUT2D eigenvalue weighted by Crippen LogP contribution is -2.52. The van der Waals surface area contributed by atoms with Crippen LogP contribution in [0.4, 0.5) is 0 Å². The van der Waals surface area contributed by atoms with Crippen LogP contribution in [0.25, 0.3) is 0 Å². The van der Waals surface area contributed by atoms with Gasteiger partial charge in [0.1, 0.15) is 5.76 Å². The van der Waals surface area contributed by atoms with E-state index in [1.54, 1.807) is 24.5 Å². The van der Waals surface area contributed by atoms with Gasteiger partial charge < -0.3 is 19.7 Å². The first-order chi connectivity index (χ1) is 12.6. The molecule has 0 saturated carbocycles. The van der Waals surface area contributed by atoms with Crippen LogP contribution in [-0.2, 0) is 11.2 Å². The minimum Gasteiger partial charge on any atom is -0.367 e. The number of likely N-dealkylation sites (tertiary alicyclic amines) is 1. The Morgan fingerprint density at radius 2 is 2.35 bits per heavy atom. The number of aromatic amines is 1. The molecule has 0 unspecified atom stereocenters. The Morgan fingerprint density at radius 3 is 3.00 bits per heavy atom. The molecule has 2 aromatic heterocycles. The van der Waals surface area contributed by atoms with Crippen LogP contribution in [0.15, 0.2) is 29.0 Å². The molecule has 0 bridgehead atoms. The summed E-state index contributed by atoms with van der Waals surface area (Å²) in [5, 5.41) is 7.02. The van der Waals surface area contributed by atoms with Crippen molar-refractivity contribution < 1.29 is 14.1 Å². The number of hydrogen-bond acceptors (Lipinski definition) is 4. The molecular weight excluding hydrogens is 356 g/mol. The molecule has 0 aliphatic carbocycles. The molecule has 2 aromatic rings. The maximum Gasteiger partial charge on any atom is 0.253 e. The average molecular weight is 379 g/mol. The molecule has 26 heavy (non-hydrogen) atoms. The number of nitrogens with zero attached hydrogens (tertiary/aromatic N) is 2. The molecule has 2 N–H and O–H groups in total. The van der Waals surface area contributed by atoms with Crippen molar-refractivity contribution >= 4 is 23.4 Å². The highest BCUT2D eigenvalue weighted by Gasteiger charge is 2.31. The summed E-state index contributed by atoms with van der Waals surface area (Å²) in [6, 6.07) is 3.47. The van der Waals surface area contributed by atoms with Crippen molar-refractivity contribution in [3.8, 4) is 0 Å². The van der Waals surface area contributed by atoms with Gasteiger partial charge in [-0.1, -0.05) is 23.7 Å². The van der Waals surface area contributed by atoms with Gasteiger partial charge in [0.05, 0.1) is 5.56 Å². The van der Waals surface area contributed by atoms with E-state index in [0.717, 1.165) is 12.8 Å². The monoisotopic (exact) mass is 378 g/mol. The number of H-pyrrole nitrogens is 1. The van der Waals surface area contributed by atoms with Crippen molar-refractivity contribution in [2.45, 2.75) is 38.6 Å². The highest BCUT2D eigenvalue weighted by atomic mass is 35.5. The molecule has 1 aliphatic rings. The number of aromatic nitrogens is 2. The molecule has 140 valence electrons. The Bertz CT molecular complexity index is 743. The topological polar surface area (TPSA) is 91.2 Å². The number of carbonyl (C=O) groups excluding carboxylic acids is 2. The summed E-state index contributed by atoms with van der Waals surface area (Å²) in [4.78, 5) is 29.5. The summed E-state index contributed by atoms with van der Waals surface area (Å²) in [7, 11) is 0. The zero-order valence-corrected chi connectivity index (χ0v) is 15.5. The first kappa shape index (κ1) is 18.5. The molecular formula is C18H23ClN4O3. The fourth-order valence-corrected chi connectivity index (χ4v) is 3.53. The van der Waals surface area contributed by atoms with Crippen LogP contribution in [-0.4, -0.2) is 46.0 Å². The first-order valence-electron chi connectivity index (χ1n) is 8.89. The SMILES string of the molecule is CC[C@@H]1CN(C(=O)CCc2cc(Cl)no2)CC[C@@H]1NC(=O)c1cc[nH]c1. The minimum atomic E-state index is -0.0725. The normalized spacial score (nSPS) is 20.2. The van der Waals surface area contributed by atoms with E-state index in [9.17, 15) is 9.59 Å². The Morgan fingerprint density at radius 1 is 1.50 bits per heavy atom. The molecule has 3 rings (SSSR count). The molecule has 0 aromatic carbocycles. The van der Waals surface area contributed by atoms with Gasteiger partial charge in [-0.15, -0.1) is 0 Å². The van der Waals surface area contributed by atoms with Crippen molar-refractivity contribution in [1.29, 1.82) is 0 Å². The second-order valence-electron chi connectivity index (χ2n) is 6.59. The predicted octanol–water partition coefficient (Wildman–Crippen LogP) is 2.65. The van der Waals surface area contributed by atoms with Gasteiger partial charge in [-0.2, -0.15) is 0 Å². The van der Waals surface area contributed by atoms with Crippen molar-refractivity contribution in [1.82, 2.24) is 20.4 Å². The van der Waals surface area contributed by atoms with Crippen LogP contribution in [0.1, 0.15) is 42.3 Å². The second-order valence-corrected chi connectivity index (χ2v) is 6.98. The lowest BCUT2D eigenvalue weighted by Gasteiger charge is -2.38. The Labute approximate surface area is 157 Å². The molecule has 0 spiro atoms. The summed E-state index contributed by atoms with van der Waals surface area (Å²) in [6.07, 6.45) is 5.93. The molecule has 7 nitrogen and oxygen atoms in total. The fourth-order valence-electron chi connectivity index (χ4n) is 3.37. The van der Waals surface area contributed by atoms with E-state index >= 15 is 0 Å². The number of halogens is 1. The maximum absolute atomic E-state index is 12.5. The van der Waals surface area contributed by atoms with E-state index in [-0.39, 0.29) is 23.8 Å². The quantitative estimate of drug-likeness (QED) is 0.808. The predicted molar refractivity (Wildman–Crippen MR) is 96.9 cm³/mol. The maximum atomic E-state index is 12.5. The standard InChI is InChI=1S/C18H23ClN4O3/c1-2-12-11-23(17(24)4-3-14-9-16(19)22-26-14)8-6-15(12)21-18(25)13-5-7-20-10-13/h5,7,9-10,12,15,20H,2-4,6,8,11H2,1H3,(H,21,25)/t12-,15+/m1/s1. The van der Waals surface area contributed by atoms with E-state index in [4.69, 9.17) is 16.1 Å². The number of piperidine rings is 1. The molecule has 1 aliphatic heterocycles. The average Bonchev–Trinajstić information content (AvgIpc) is 3.31. The van der Waals surface area contributed by atoms with Crippen LogP contribution >= 0.6 is 11.6 Å². The molecule has 8 heteroatoms. The number of carbonyl (C=O) groups is 2. The van der Waals surface area contributed by atoms with Crippen molar-refractivity contribution in [3.05, 3.63) is 41.0 Å². The van der Waals surface area contributed by atoms with Gasteiger partial charge in [-0.3, -0.25) is 9.59 Å². The van der Waals surface area contributed by atoms with E-state index in [2.05, 4.69) is 22.4 Å². The molecule has 0 radical (unpaired) electrons. The number of nitrogens with one attached hydrogen (secondary N) is 2. The summed E-state index contributed by atoms with van der Waals surface area (Å²) in [6.45, 7) is 3.39. The van der Waals surface area contributed by atoms with Gasteiger partial charge in [-0.05, 0) is 24.8 Å². The largest absolute Gasteiger partial charge is 0.367 e. The minimum absolute atomic E-state index is 0.0725. The third kappa shape index (κ3) is 4.46. The Kier molecular flexibility index (Phi) is 5.98. The van der Waals surface area contributed by atoms with Crippen LogP contribution in [0.5, 0.6) is 0 Å². The first-order valence-corrected chi connectivity index (χ1v) is 9.27. The molecule has 1 fully saturated rings. The van der Waals surface area contributed by atoms with E-state index in [1.165, 1.54) is 0 Å². The van der Waals surface area contributed by atoms with Crippen molar-refractivity contribution in [2.75, 3.05) is 13.1 Å². The molecule has 2 amide bonds. The highest BCUT2D eigenvalue weighted by molar-refractivity contribution is 6.29. The van der Waals surface area contributed by atoms with Crippen LogP contribution < -0.4 is 5.32 Å². The smallest absolute Gasteiger partial charge is 0.253 e. The zero-order valence-electron chi connectivity index (χ0n) is 14.7. The van der Waals surface area contributed by atoms with Gasteiger partial charge in [0.25, 0.3) is 5.91 Å². The highest BCUT2D eigenvalue weighted by Crippen LogP contribution is 2.22. The van der Waals surface area contributed by atoms with Gasteiger partial charge in [0.2, 0.25) is 5.91 Å². The Hall–Kier alpha value is -2.28. The van der Waals surface area contributed by atoms with Crippen LogP contribution in [0, 0.1) is 5.92 Å². The van der Waals surface area contributed by atoms with Gasteiger partial charge in [0, 0.05) is 50.4 Å². The van der Waals surface area contributed by atoms with Gasteiger partial charge in [0.15, 0.2) is 5.15 Å². The van der Waals surface area contributed by atoms with Gasteiger partial charge >= 0.3 is 0 Å². The van der Waals surface area contributed by atoms with E-state index in [1.807, 2.05) is 4.90 Å². The van der Waals surface area contributed by atoms with Gasteiger partial charge in [-0.25, -0.2) is 0 Å². The molecule has 3 heterocycles. The number of rotatable bonds is 6. The summed E-state index contributed by atoms with van der Waals surface area (Å²) in [5.41, 5.74) is 0.629. The number of aryl methyl sites for hydroxylation is 1. The summed E-state index contributed by atoms with van der Waals surface area (Å²) < 4.78 is 5.04. The third-order valence-corrected chi connectivity index (χ3v) is 5.08. The zero-order chi connectivity index (χ0) is 18.5. The van der Waals surface area contributed by atoms with Crippen molar-refractivity contribution in [3.63, 3.8) is 0 Å². The van der Waals surface area contributed by atoms with Crippen molar-refractivity contribution in [2.24, 2.45) is 5.92 Å². The molecule has 1 saturated heterocycles. The number of amides is 2. The lowest BCUT2D eigenvalue weighted by atomic mass is 9.89. The van der Waals surface area contributed by atoms with E-state index < -0.39 is 0 Å². The second kappa shape index (κ2) is 8.40. The third-order valence-electron chi connectivity index (χ3n) is 4.90. The lowest BCUT2D eigenvalue weighted by molar-refractivity contribution is -0.133. The molecule has 2 atom stereocenters. The van der Waals surface area contributed by atoms with E-state index in [0.29, 0.717) is 42.4 Å². The fraction of sp³-hybridized carbons (Fsp3) is 0.500. The summed E-state index contributed by atoms with van der Waals surface area (Å²) >= 11 is 5.72. The van der Waals surface area contributed by atoms with Crippen LogP contribution in [0.2, 0.25) is 5.15 Å². The summed E-state index contributed by atoms with van der Waals surface area (Å²) in [5.74, 6) is 0.877. The Balaban J connectivity index is 1.51. The number of hydrogen-bond donors (Lipinski definition) is 2.